The van der Waals surface area contributed by atoms with Crippen LogP contribution >= 0.6 is 0 Å². The van der Waals surface area contributed by atoms with Crippen molar-refractivity contribution in [1.82, 2.24) is 9.97 Å². The van der Waals surface area contributed by atoms with Gasteiger partial charge >= 0.3 is 0 Å². The van der Waals surface area contributed by atoms with E-state index in [2.05, 4.69) is 15.3 Å². The molecular formula is C14H14FN3O2. The van der Waals surface area contributed by atoms with E-state index in [1.54, 1.807) is 18.3 Å². The monoisotopic (exact) mass is 275 g/mol. The molecule has 0 saturated heterocycles. The number of rotatable bonds is 4. The third-order valence-corrected chi connectivity index (χ3v) is 2.36. The van der Waals surface area contributed by atoms with Gasteiger partial charge in [0.2, 0.25) is 11.8 Å². The Morgan fingerprint density at radius 3 is 2.80 bits per heavy atom. The van der Waals surface area contributed by atoms with Gasteiger partial charge in [-0.2, -0.15) is 4.39 Å². The molecule has 1 N–H and O–H groups in total. The lowest BCUT2D eigenvalue weighted by Crippen LogP contribution is -2.15. The van der Waals surface area contributed by atoms with Crippen molar-refractivity contribution in [2.45, 2.75) is 20.0 Å². The Morgan fingerprint density at radius 2 is 2.10 bits per heavy atom. The number of pyridine rings is 2. The topological polar surface area (TPSA) is 64.1 Å². The van der Waals surface area contributed by atoms with Crippen LogP contribution in [0.2, 0.25) is 0 Å². The minimum absolute atomic E-state index is 0.0704. The van der Waals surface area contributed by atoms with E-state index >= 15 is 0 Å². The first-order valence-electron chi connectivity index (χ1n) is 6.11. The third-order valence-electron chi connectivity index (χ3n) is 2.36. The number of carbonyl (C=O) groups excluding carboxylic acids is 1. The first kappa shape index (κ1) is 13.9. The van der Waals surface area contributed by atoms with Gasteiger partial charge in [0.25, 0.3) is 5.91 Å². The minimum Gasteiger partial charge on any atom is -0.473 e. The van der Waals surface area contributed by atoms with Crippen LogP contribution in [0.4, 0.5) is 10.1 Å². The Morgan fingerprint density at radius 1 is 1.30 bits per heavy atom. The molecule has 0 aliphatic heterocycles. The van der Waals surface area contributed by atoms with Crippen LogP contribution in [0.1, 0.15) is 24.2 Å². The highest BCUT2D eigenvalue weighted by molar-refractivity contribution is 6.04. The van der Waals surface area contributed by atoms with Gasteiger partial charge in [0.1, 0.15) is 5.69 Å². The number of ether oxygens (including phenoxy) is 1. The van der Waals surface area contributed by atoms with Crippen molar-refractivity contribution in [3.05, 3.63) is 48.2 Å². The lowest BCUT2D eigenvalue weighted by Gasteiger charge is -2.13. The highest BCUT2D eigenvalue weighted by atomic mass is 19.1. The van der Waals surface area contributed by atoms with Gasteiger partial charge in [-0.3, -0.25) is 4.79 Å². The summed E-state index contributed by atoms with van der Waals surface area (Å²) in [7, 11) is 0. The number of aromatic nitrogens is 2. The molecule has 0 fully saturated rings. The maximum absolute atomic E-state index is 13.0. The average Bonchev–Trinajstić information content (AvgIpc) is 2.40. The van der Waals surface area contributed by atoms with Gasteiger partial charge in [0, 0.05) is 24.0 Å². The summed E-state index contributed by atoms with van der Waals surface area (Å²) in [5.74, 6) is -0.833. The Bertz CT molecular complexity index is 617. The summed E-state index contributed by atoms with van der Waals surface area (Å²) in [5.41, 5.74) is 0.611. The van der Waals surface area contributed by atoms with E-state index < -0.39 is 11.9 Å². The second-order valence-corrected chi connectivity index (χ2v) is 4.34. The van der Waals surface area contributed by atoms with Crippen LogP contribution in [0.3, 0.4) is 0 Å². The molecule has 2 aromatic heterocycles. The van der Waals surface area contributed by atoms with Crippen molar-refractivity contribution in [2.24, 2.45) is 0 Å². The van der Waals surface area contributed by atoms with Gasteiger partial charge in [-0.1, -0.05) is 0 Å². The zero-order valence-corrected chi connectivity index (χ0v) is 11.1. The number of hydrogen-bond donors (Lipinski definition) is 1. The van der Waals surface area contributed by atoms with Crippen LogP contribution in [0.15, 0.2) is 36.7 Å². The Labute approximate surface area is 115 Å². The third kappa shape index (κ3) is 3.50. The zero-order valence-electron chi connectivity index (χ0n) is 11.1. The summed E-state index contributed by atoms with van der Waals surface area (Å²) >= 11 is 0. The first-order chi connectivity index (χ1) is 9.56. The fraction of sp³-hybridized carbons (Fsp3) is 0.214. The summed E-state index contributed by atoms with van der Waals surface area (Å²) in [4.78, 5) is 19.5. The Hall–Kier alpha value is -2.50. The molecule has 1 amide bonds. The highest BCUT2D eigenvalue weighted by Gasteiger charge is 2.12. The van der Waals surface area contributed by atoms with Crippen molar-refractivity contribution in [2.75, 3.05) is 5.32 Å². The maximum atomic E-state index is 13.0. The molecule has 5 nitrogen and oxygen atoms in total. The maximum Gasteiger partial charge on any atom is 0.256 e. The predicted molar refractivity (Wildman–Crippen MR) is 72.1 cm³/mol. The van der Waals surface area contributed by atoms with Crippen LogP contribution in [0.25, 0.3) is 0 Å². The molecule has 2 aromatic rings. The molecule has 20 heavy (non-hydrogen) atoms. The molecule has 0 spiro atoms. The van der Waals surface area contributed by atoms with Crippen molar-refractivity contribution in [3.63, 3.8) is 0 Å². The number of halogens is 1. The van der Waals surface area contributed by atoms with Crippen LogP contribution < -0.4 is 10.1 Å². The van der Waals surface area contributed by atoms with E-state index in [4.69, 9.17) is 4.74 Å². The molecule has 0 aromatic carbocycles. The predicted octanol–water partition coefficient (Wildman–Crippen LogP) is 2.66. The smallest absolute Gasteiger partial charge is 0.256 e. The summed E-state index contributed by atoms with van der Waals surface area (Å²) in [6, 6.07) is 5.84. The quantitative estimate of drug-likeness (QED) is 0.871. The molecule has 0 aliphatic rings. The van der Waals surface area contributed by atoms with Crippen LogP contribution in [0, 0.1) is 5.95 Å². The largest absolute Gasteiger partial charge is 0.473 e. The molecule has 0 saturated carbocycles. The summed E-state index contributed by atoms with van der Waals surface area (Å²) in [6.07, 6.45) is 2.73. The van der Waals surface area contributed by atoms with Crippen LogP contribution in [-0.2, 0) is 0 Å². The van der Waals surface area contributed by atoms with Gasteiger partial charge in [-0.25, -0.2) is 9.97 Å². The highest BCUT2D eigenvalue weighted by Crippen LogP contribution is 2.22. The van der Waals surface area contributed by atoms with Gasteiger partial charge in [0.05, 0.1) is 6.10 Å². The number of hydrogen-bond acceptors (Lipinski definition) is 4. The SMILES string of the molecule is CC(C)Oc1ncccc1NC(=O)c1ccnc(F)c1. The molecule has 0 atom stereocenters. The lowest BCUT2D eigenvalue weighted by atomic mass is 10.2. The second kappa shape index (κ2) is 6.10. The van der Waals surface area contributed by atoms with Crippen LogP contribution in [-0.4, -0.2) is 22.0 Å². The average molecular weight is 275 g/mol. The van der Waals surface area contributed by atoms with Crippen molar-refractivity contribution < 1.29 is 13.9 Å². The molecule has 0 unspecified atom stereocenters. The number of nitrogens with zero attached hydrogens (tertiary/aromatic N) is 2. The zero-order chi connectivity index (χ0) is 14.5. The van der Waals surface area contributed by atoms with Crippen molar-refractivity contribution >= 4 is 11.6 Å². The minimum atomic E-state index is -0.706. The fourth-order valence-corrected chi connectivity index (χ4v) is 1.54. The fourth-order valence-electron chi connectivity index (χ4n) is 1.54. The Kier molecular flexibility index (Phi) is 4.24. The Balaban J connectivity index is 2.19. The number of amides is 1. The van der Waals surface area contributed by atoms with Gasteiger partial charge in [-0.05, 0) is 32.0 Å². The number of nitrogens with one attached hydrogen (secondary N) is 1. The van der Waals surface area contributed by atoms with Gasteiger partial charge in [-0.15, -0.1) is 0 Å². The summed E-state index contributed by atoms with van der Waals surface area (Å²) in [6.45, 7) is 3.72. The van der Waals surface area contributed by atoms with Crippen molar-refractivity contribution in [1.29, 1.82) is 0 Å². The lowest BCUT2D eigenvalue weighted by molar-refractivity contribution is 0.102. The molecule has 104 valence electrons. The van der Waals surface area contributed by atoms with E-state index in [1.807, 2.05) is 13.8 Å². The molecule has 0 aliphatic carbocycles. The molecule has 0 radical (unpaired) electrons. The molecule has 2 rings (SSSR count). The van der Waals surface area contributed by atoms with Gasteiger partial charge < -0.3 is 10.1 Å². The normalized spacial score (nSPS) is 10.4. The van der Waals surface area contributed by atoms with Gasteiger partial charge in [0.15, 0.2) is 0 Å². The van der Waals surface area contributed by atoms with E-state index in [1.165, 1.54) is 12.3 Å². The number of carbonyl (C=O) groups is 1. The molecule has 6 heteroatoms. The summed E-state index contributed by atoms with van der Waals surface area (Å²) < 4.78 is 18.5. The van der Waals surface area contributed by atoms with Crippen molar-refractivity contribution in [3.8, 4) is 5.88 Å². The summed E-state index contributed by atoms with van der Waals surface area (Å²) in [5, 5.41) is 2.64. The standard InChI is InChI=1S/C14H14FN3O2/c1-9(2)20-14-11(4-3-6-17-14)18-13(19)10-5-7-16-12(15)8-10/h3-9H,1-2H3,(H,18,19). The molecular weight excluding hydrogens is 261 g/mol. The van der Waals surface area contributed by atoms with E-state index in [0.29, 0.717) is 11.6 Å². The van der Waals surface area contributed by atoms with E-state index in [9.17, 15) is 9.18 Å². The van der Waals surface area contributed by atoms with E-state index in [-0.39, 0.29) is 11.7 Å². The van der Waals surface area contributed by atoms with E-state index in [0.717, 1.165) is 6.07 Å². The second-order valence-electron chi connectivity index (χ2n) is 4.34. The van der Waals surface area contributed by atoms with Crippen LogP contribution in [0.5, 0.6) is 5.88 Å². The molecule has 2 heterocycles. The first-order valence-corrected chi connectivity index (χ1v) is 6.11. The molecule has 0 bridgehead atoms. The number of anilines is 1.